The molecule has 1 N–H and O–H groups in total. The summed E-state index contributed by atoms with van der Waals surface area (Å²) in [5.74, 6) is 0.245. The highest BCUT2D eigenvalue weighted by molar-refractivity contribution is 5.83. The van der Waals surface area contributed by atoms with E-state index in [0.717, 1.165) is 57.7 Å². The Morgan fingerprint density at radius 2 is 1.91 bits per heavy atom. The summed E-state index contributed by atoms with van der Waals surface area (Å²) < 4.78 is 0. The third-order valence-electron chi connectivity index (χ3n) is 5.40. The zero-order valence-electron chi connectivity index (χ0n) is 14.4. The molecule has 2 saturated heterocycles. The maximum atomic E-state index is 12.8. The molecule has 0 saturated carbocycles. The van der Waals surface area contributed by atoms with E-state index in [4.69, 9.17) is 0 Å². The Morgan fingerprint density at radius 1 is 1.22 bits per heavy atom. The minimum Gasteiger partial charge on any atom is -0.341 e. The van der Waals surface area contributed by atoms with E-state index in [1.807, 2.05) is 6.92 Å². The first-order valence-electron chi connectivity index (χ1n) is 9.01. The van der Waals surface area contributed by atoms with Crippen LogP contribution < -0.4 is 5.32 Å². The van der Waals surface area contributed by atoms with Crippen LogP contribution in [0, 0.1) is 0 Å². The molecule has 2 heterocycles. The lowest BCUT2D eigenvalue weighted by Gasteiger charge is -2.32. The molecule has 4 nitrogen and oxygen atoms in total. The number of carbonyl (C=O) groups is 1. The Labute approximate surface area is 139 Å². The van der Waals surface area contributed by atoms with Gasteiger partial charge in [-0.05, 0) is 30.9 Å². The summed E-state index contributed by atoms with van der Waals surface area (Å²) in [4.78, 5) is 17.4. The van der Waals surface area contributed by atoms with Gasteiger partial charge >= 0.3 is 0 Å². The van der Waals surface area contributed by atoms with Gasteiger partial charge in [-0.15, -0.1) is 0 Å². The average Bonchev–Trinajstić information content (AvgIpc) is 3.11. The smallest absolute Gasteiger partial charge is 0.229 e. The highest BCUT2D eigenvalue weighted by Gasteiger charge is 2.32. The van der Waals surface area contributed by atoms with Gasteiger partial charge in [-0.3, -0.25) is 9.69 Å². The van der Waals surface area contributed by atoms with E-state index in [2.05, 4.69) is 46.3 Å². The lowest BCUT2D eigenvalue weighted by molar-refractivity contribution is -0.131. The van der Waals surface area contributed by atoms with Gasteiger partial charge in [-0.2, -0.15) is 0 Å². The molecule has 2 aliphatic heterocycles. The van der Waals surface area contributed by atoms with Crippen molar-refractivity contribution in [2.24, 2.45) is 0 Å². The van der Waals surface area contributed by atoms with Crippen LogP contribution >= 0.6 is 0 Å². The van der Waals surface area contributed by atoms with E-state index in [1.165, 1.54) is 5.56 Å². The number of aryl methyl sites for hydroxylation is 1. The van der Waals surface area contributed by atoms with Crippen LogP contribution in [0.5, 0.6) is 0 Å². The van der Waals surface area contributed by atoms with Crippen molar-refractivity contribution in [3.63, 3.8) is 0 Å². The number of likely N-dealkylation sites (tertiary alicyclic amines) is 1. The Kier molecular flexibility index (Phi) is 5.34. The van der Waals surface area contributed by atoms with E-state index in [0.29, 0.717) is 6.04 Å². The zero-order chi connectivity index (χ0) is 16.2. The van der Waals surface area contributed by atoms with E-state index in [1.54, 1.807) is 0 Å². The molecule has 2 fully saturated rings. The summed E-state index contributed by atoms with van der Waals surface area (Å²) in [6.07, 6.45) is 2.16. The predicted octanol–water partition coefficient (Wildman–Crippen LogP) is 1.86. The lowest BCUT2D eigenvalue weighted by Crippen LogP contribution is -2.49. The van der Waals surface area contributed by atoms with Crippen LogP contribution in [0.2, 0.25) is 0 Å². The van der Waals surface area contributed by atoms with Gasteiger partial charge in [0.2, 0.25) is 5.91 Å². The largest absolute Gasteiger partial charge is 0.341 e. The normalized spacial score (nSPS) is 23.9. The number of piperazine rings is 1. The molecule has 126 valence electrons. The Balaban J connectivity index is 1.59. The van der Waals surface area contributed by atoms with Crippen LogP contribution in [0.15, 0.2) is 24.3 Å². The van der Waals surface area contributed by atoms with Gasteiger partial charge in [0.1, 0.15) is 0 Å². The first kappa shape index (κ1) is 16.5. The molecular weight excluding hydrogens is 286 g/mol. The van der Waals surface area contributed by atoms with Gasteiger partial charge in [0.05, 0.1) is 5.92 Å². The summed E-state index contributed by atoms with van der Waals surface area (Å²) in [6.45, 7) is 10.4. The molecule has 0 bridgehead atoms. The van der Waals surface area contributed by atoms with Crippen molar-refractivity contribution < 1.29 is 4.79 Å². The molecule has 4 heteroatoms. The second kappa shape index (κ2) is 7.45. The molecule has 3 rings (SSSR count). The van der Waals surface area contributed by atoms with Crippen molar-refractivity contribution in [3.8, 4) is 0 Å². The number of amides is 1. The van der Waals surface area contributed by atoms with Gasteiger partial charge in [-0.1, -0.05) is 31.2 Å². The fourth-order valence-electron chi connectivity index (χ4n) is 3.75. The topological polar surface area (TPSA) is 35.6 Å². The number of hydrogen-bond acceptors (Lipinski definition) is 3. The van der Waals surface area contributed by atoms with Crippen molar-refractivity contribution in [2.75, 3.05) is 39.3 Å². The second-order valence-electron chi connectivity index (χ2n) is 6.83. The van der Waals surface area contributed by atoms with Crippen LogP contribution in [-0.4, -0.2) is 61.0 Å². The van der Waals surface area contributed by atoms with Gasteiger partial charge < -0.3 is 10.2 Å². The number of nitrogens with zero attached hydrogens (tertiary/aromatic N) is 2. The number of carbonyl (C=O) groups excluding carboxylic acids is 1. The number of nitrogens with one attached hydrogen (secondary N) is 1. The lowest BCUT2D eigenvalue weighted by atomic mass is 9.98. The molecule has 1 aromatic rings. The van der Waals surface area contributed by atoms with E-state index >= 15 is 0 Å². The summed E-state index contributed by atoms with van der Waals surface area (Å²) in [5.41, 5.74) is 2.46. The Hall–Kier alpha value is -1.39. The monoisotopic (exact) mass is 315 g/mol. The van der Waals surface area contributed by atoms with Gasteiger partial charge in [0.15, 0.2) is 0 Å². The molecule has 23 heavy (non-hydrogen) atoms. The molecule has 2 aliphatic rings. The van der Waals surface area contributed by atoms with Crippen molar-refractivity contribution >= 4 is 5.91 Å². The predicted molar refractivity (Wildman–Crippen MR) is 93.7 cm³/mol. The molecule has 0 aromatic heterocycles. The van der Waals surface area contributed by atoms with Gasteiger partial charge in [-0.25, -0.2) is 0 Å². The molecule has 0 radical (unpaired) electrons. The van der Waals surface area contributed by atoms with Crippen molar-refractivity contribution in [1.29, 1.82) is 0 Å². The molecule has 1 aromatic carbocycles. The quantitative estimate of drug-likeness (QED) is 0.921. The maximum Gasteiger partial charge on any atom is 0.229 e. The van der Waals surface area contributed by atoms with Crippen LogP contribution in [-0.2, 0) is 11.2 Å². The second-order valence-corrected chi connectivity index (χ2v) is 6.83. The van der Waals surface area contributed by atoms with Crippen molar-refractivity contribution in [1.82, 2.24) is 15.1 Å². The SMILES string of the molecule is CCc1ccc(C(C)C(=O)N2CCC(N3CCNCC3)C2)cc1. The van der Waals surface area contributed by atoms with Crippen LogP contribution in [0.4, 0.5) is 0 Å². The molecule has 0 spiro atoms. The summed E-state index contributed by atoms with van der Waals surface area (Å²) >= 11 is 0. The molecule has 2 unspecified atom stereocenters. The molecule has 2 atom stereocenters. The van der Waals surface area contributed by atoms with Crippen molar-refractivity contribution in [2.45, 2.75) is 38.6 Å². The number of hydrogen-bond donors (Lipinski definition) is 1. The van der Waals surface area contributed by atoms with Crippen LogP contribution in [0.1, 0.15) is 37.3 Å². The standard InChI is InChI=1S/C19H29N3O/c1-3-16-4-6-17(7-5-16)15(2)19(23)22-11-8-18(14-22)21-12-9-20-10-13-21/h4-7,15,18,20H,3,8-14H2,1-2H3. The summed E-state index contributed by atoms with van der Waals surface area (Å²) in [6, 6.07) is 9.08. The fourth-order valence-corrected chi connectivity index (χ4v) is 3.75. The van der Waals surface area contributed by atoms with Crippen LogP contribution in [0.25, 0.3) is 0 Å². The van der Waals surface area contributed by atoms with E-state index < -0.39 is 0 Å². The highest BCUT2D eigenvalue weighted by Crippen LogP contribution is 2.23. The third-order valence-corrected chi connectivity index (χ3v) is 5.40. The first-order chi connectivity index (χ1) is 11.2. The Bertz CT molecular complexity index is 522. The molecule has 1 amide bonds. The third kappa shape index (κ3) is 3.75. The highest BCUT2D eigenvalue weighted by atomic mass is 16.2. The minimum atomic E-state index is -0.0392. The zero-order valence-corrected chi connectivity index (χ0v) is 14.4. The van der Waals surface area contributed by atoms with Gasteiger partial charge in [0.25, 0.3) is 0 Å². The molecular formula is C19H29N3O. The van der Waals surface area contributed by atoms with E-state index in [9.17, 15) is 4.79 Å². The van der Waals surface area contributed by atoms with Crippen LogP contribution in [0.3, 0.4) is 0 Å². The Morgan fingerprint density at radius 3 is 2.57 bits per heavy atom. The number of benzene rings is 1. The fraction of sp³-hybridized carbons (Fsp3) is 0.632. The maximum absolute atomic E-state index is 12.8. The minimum absolute atomic E-state index is 0.0392. The van der Waals surface area contributed by atoms with E-state index in [-0.39, 0.29) is 11.8 Å². The average molecular weight is 315 g/mol. The summed E-state index contributed by atoms with van der Waals surface area (Å²) in [5, 5.41) is 3.40. The van der Waals surface area contributed by atoms with Crippen molar-refractivity contribution in [3.05, 3.63) is 35.4 Å². The summed E-state index contributed by atoms with van der Waals surface area (Å²) in [7, 11) is 0. The first-order valence-corrected chi connectivity index (χ1v) is 9.01. The van der Waals surface area contributed by atoms with Gasteiger partial charge in [0, 0.05) is 45.3 Å². The molecule has 0 aliphatic carbocycles. The number of rotatable bonds is 4.